The fourth-order valence-corrected chi connectivity index (χ4v) is 5.86. The minimum Gasteiger partial charge on any atom is -0.462 e. The van der Waals surface area contributed by atoms with Crippen LogP contribution in [0.15, 0.2) is 0 Å². The first-order valence-electron chi connectivity index (χ1n) is 19.3. The van der Waals surface area contributed by atoms with Gasteiger partial charge in [0.1, 0.15) is 12.7 Å². The summed E-state index contributed by atoms with van der Waals surface area (Å²) < 4.78 is 11.0. The van der Waals surface area contributed by atoms with Crippen molar-refractivity contribution in [3.63, 3.8) is 0 Å². The van der Waals surface area contributed by atoms with E-state index < -0.39 is 6.10 Å². The van der Waals surface area contributed by atoms with E-state index in [0.717, 1.165) is 25.7 Å². The lowest BCUT2D eigenvalue weighted by molar-refractivity contribution is -0.162. The van der Waals surface area contributed by atoms with Gasteiger partial charge in [-0.05, 0) is 19.8 Å². The fraction of sp³-hybridized carbons (Fsp3) is 0.949. The van der Waals surface area contributed by atoms with E-state index in [4.69, 9.17) is 9.47 Å². The Kier molecular flexibility index (Phi) is 31.5. The number of hydrogen-bond acceptors (Lipinski definition) is 4. The van der Waals surface area contributed by atoms with Gasteiger partial charge in [0.15, 0.2) is 0 Å². The molecule has 4 heteroatoms. The number of rotatable bonds is 33. The predicted molar refractivity (Wildman–Crippen MR) is 185 cm³/mol. The highest BCUT2D eigenvalue weighted by Crippen LogP contribution is 2.18. The molecule has 3 atom stereocenters. The number of carbonyl (C=O) groups is 2. The smallest absolute Gasteiger partial charge is 0.309 e. The van der Waals surface area contributed by atoms with Crippen molar-refractivity contribution in [1.29, 1.82) is 0 Å². The molecule has 0 aliphatic heterocycles. The summed E-state index contributed by atoms with van der Waals surface area (Å²) in [6.45, 7) is 10.4. The van der Waals surface area contributed by atoms with Crippen molar-refractivity contribution < 1.29 is 19.1 Å². The van der Waals surface area contributed by atoms with Gasteiger partial charge in [0.2, 0.25) is 0 Å². The summed E-state index contributed by atoms with van der Waals surface area (Å²) >= 11 is 0. The molecule has 0 fully saturated rings. The lowest BCUT2D eigenvalue weighted by Gasteiger charge is -2.18. The van der Waals surface area contributed by atoms with Gasteiger partial charge < -0.3 is 9.47 Å². The van der Waals surface area contributed by atoms with Gasteiger partial charge in [-0.15, -0.1) is 0 Å². The summed E-state index contributed by atoms with van der Waals surface area (Å²) in [4.78, 5) is 24.9. The van der Waals surface area contributed by atoms with Crippen LogP contribution in [-0.4, -0.2) is 24.6 Å². The molecule has 0 aromatic carbocycles. The van der Waals surface area contributed by atoms with E-state index in [-0.39, 0.29) is 30.4 Å². The van der Waals surface area contributed by atoms with Crippen LogP contribution in [0.4, 0.5) is 0 Å². The normalized spacial score (nSPS) is 13.5. The maximum absolute atomic E-state index is 12.5. The molecule has 3 unspecified atom stereocenters. The summed E-state index contributed by atoms with van der Waals surface area (Å²) in [7, 11) is 0. The summed E-state index contributed by atoms with van der Waals surface area (Å²) in [5.74, 6) is -0.519. The molecule has 0 heterocycles. The highest BCUT2D eigenvalue weighted by atomic mass is 16.6. The molecule has 0 rings (SSSR count). The van der Waals surface area contributed by atoms with E-state index in [2.05, 4.69) is 13.8 Å². The van der Waals surface area contributed by atoms with Crippen molar-refractivity contribution in [3.05, 3.63) is 0 Å². The Bertz CT molecular complexity index is 604. The zero-order valence-electron chi connectivity index (χ0n) is 29.9. The second-order valence-electron chi connectivity index (χ2n) is 13.7. The minimum absolute atomic E-state index is 0.0925. The monoisotopic (exact) mass is 609 g/mol. The third-order valence-corrected chi connectivity index (χ3v) is 9.06. The van der Waals surface area contributed by atoms with Gasteiger partial charge in [0.25, 0.3) is 0 Å². The number of carbonyl (C=O) groups excluding carboxylic acids is 2. The van der Waals surface area contributed by atoms with Gasteiger partial charge in [-0.25, -0.2) is 0 Å². The Hall–Kier alpha value is -1.06. The largest absolute Gasteiger partial charge is 0.462 e. The van der Waals surface area contributed by atoms with E-state index in [1.165, 1.54) is 154 Å². The summed E-state index contributed by atoms with van der Waals surface area (Å²) in [5.41, 5.74) is 0. The second-order valence-corrected chi connectivity index (χ2v) is 13.7. The van der Waals surface area contributed by atoms with Gasteiger partial charge in [-0.2, -0.15) is 0 Å². The van der Waals surface area contributed by atoms with Crippen molar-refractivity contribution in [1.82, 2.24) is 0 Å². The predicted octanol–water partition coefficient (Wildman–Crippen LogP) is 12.7. The molecule has 256 valence electrons. The molecule has 0 aromatic heterocycles. The highest BCUT2D eigenvalue weighted by molar-refractivity contribution is 5.73. The number of ether oxygens (including phenoxy) is 2. The third kappa shape index (κ3) is 29.4. The second kappa shape index (κ2) is 32.3. The molecule has 0 aliphatic rings. The van der Waals surface area contributed by atoms with Gasteiger partial charge in [0.05, 0.1) is 11.8 Å². The Balaban J connectivity index is 3.64. The lowest BCUT2D eigenvalue weighted by Crippen LogP contribution is -2.27. The molecule has 0 N–H and O–H groups in total. The minimum atomic E-state index is -0.394. The van der Waals surface area contributed by atoms with Crippen LogP contribution in [0.25, 0.3) is 0 Å². The molecular weight excluding hydrogens is 532 g/mol. The SMILES string of the molecule is CCCCCCCCCCCCCCCC(C)C(=O)OCC(C)OC(=O)C(C)CCCCCCCCCCCCCCC. The zero-order chi connectivity index (χ0) is 31.8. The standard InChI is InChI=1S/C39H76O4/c1-6-8-10-12-14-16-18-20-22-24-26-28-30-32-35(3)38(40)42-34-37(5)43-39(41)36(4)33-31-29-27-25-23-21-19-17-15-13-11-9-7-2/h35-37H,6-34H2,1-5H3. The van der Waals surface area contributed by atoms with Gasteiger partial charge in [-0.3, -0.25) is 9.59 Å². The van der Waals surface area contributed by atoms with Crippen LogP contribution in [0.3, 0.4) is 0 Å². The van der Waals surface area contributed by atoms with Crippen LogP contribution in [0.1, 0.15) is 214 Å². The summed E-state index contributed by atoms with van der Waals surface area (Å²) in [5, 5.41) is 0. The maximum Gasteiger partial charge on any atom is 0.309 e. The molecule has 0 aromatic rings. The molecule has 0 aliphatic carbocycles. The molecule has 0 spiro atoms. The molecule has 0 saturated carbocycles. The Labute approximate surface area is 269 Å². The molecule has 4 nitrogen and oxygen atoms in total. The van der Waals surface area contributed by atoms with Crippen molar-refractivity contribution in [2.24, 2.45) is 11.8 Å². The first-order chi connectivity index (χ1) is 20.9. The summed E-state index contributed by atoms with van der Waals surface area (Å²) in [6.07, 6.45) is 36.0. The molecule has 0 bridgehead atoms. The average Bonchev–Trinajstić information content (AvgIpc) is 3.00. The number of hydrogen-bond donors (Lipinski definition) is 0. The molecule has 0 saturated heterocycles. The average molecular weight is 609 g/mol. The molecule has 0 amide bonds. The van der Waals surface area contributed by atoms with Crippen molar-refractivity contribution >= 4 is 11.9 Å². The first-order valence-corrected chi connectivity index (χ1v) is 19.3. The quantitative estimate of drug-likeness (QED) is 0.0549. The van der Waals surface area contributed by atoms with Gasteiger partial charge >= 0.3 is 11.9 Å². The molecular formula is C39H76O4. The fourth-order valence-electron chi connectivity index (χ4n) is 5.86. The first kappa shape index (κ1) is 41.9. The summed E-state index contributed by atoms with van der Waals surface area (Å²) in [6, 6.07) is 0. The lowest BCUT2D eigenvalue weighted by atomic mass is 10.0. The Morgan fingerprint density at radius 1 is 0.419 bits per heavy atom. The van der Waals surface area contributed by atoms with Gasteiger partial charge in [0, 0.05) is 0 Å². The van der Waals surface area contributed by atoms with E-state index in [1.807, 2.05) is 20.8 Å². The van der Waals surface area contributed by atoms with Crippen molar-refractivity contribution in [2.45, 2.75) is 221 Å². The van der Waals surface area contributed by atoms with Crippen molar-refractivity contribution in [3.8, 4) is 0 Å². The Morgan fingerprint density at radius 2 is 0.698 bits per heavy atom. The van der Waals surface area contributed by atoms with Crippen LogP contribution in [0.5, 0.6) is 0 Å². The van der Waals surface area contributed by atoms with E-state index in [1.54, 1.807) is 0 Å². The number of esters is 2. The number of unbranched alkanes of at least 4 members (excludes halogenated alkanes) is 24. The van der Waals surface area contributed by atoms with Crippen LogP contribution in [0.2, 0.25) is 0 Å². The third-order valence-electron chi connectivity index (χ3n) is 9.06. The van der Waals surface area contributed by atoms with E-state index in [0.29, 0.717) is 0 Å². The topological polar surface area (TPSA) is 52.6 Å². The van der Waals surface area contributed by atoms with Crippen LogP contribution in [-0.2, 0) is 19.1 Å². The Morgan fingerprint density at radius 3 is 1.02 bits per heavy atom. The zero-order valence-corrected chi connectivity index (χ0v) is 29.9. The molecule has 0 radical (unpaired) electrons. The highest BCUT2D eigenvalue weighted by Gasteiger charge is 2.20. The van der Waals surface area contributed by atoms with Crippen LogP contribution < -0.4 is 0 Å². The van der Waals surface area contributed by atoms with Crippen LogP contribution in [0, 0.1) is 11.8 Å². The van der Waals surface area contributed by atoms with Crippen molar-refractivity contribution in [2.75, 3.05) is 6.61 Å². The van der Waals surface area contributed by atoms with Gasteiger partial charge in [-0.1, -0.05) is 195 Å². The maximum atomic E-state index is 12.5. The van der Waals surface area contributed by atoms with Crippen LogP contribution >= 0.6 is 0 Å². The van der Waals surface area contributed by atoms with E-state index in [9.17, 15) is 9.59 Å². The van der Waals surface area contributed by atoms with E-state index >= 15 is 0 Å². The molecule has 43 heavy (non-hydrogen) atoms.